The largest absolute Gasteiger partial charge is 0.439 e. The number of nitrogens with zero attached hydrogens (tertiary/aromatic N) is 2. The molecule has 0 atom stereocenters. The second-order valence-corrected chi connectivity index (χ2v) is 5.98. The Kier molecular flexibility index (Phi) is 3.66. The number of rotatable bonds is 4. The van der Waals surface area contributed by atoms with Crippen molar-refractivity contribution in [3.05, 3.63) is 52.7 Å². The quantitative estimate of drug-likeness (QED) is 0.633. The highest BCUT2D eigenvalue weighted by atomic mass is 32.2. The fraction of sp³-hybridized carbons (Fsp3) is 0.0833. The number of hydrogen-bond acceptors (Lipinski definition) is 6. The average Bonchev–Trinajstić information content (AvgIpc) is 2.38. The number of nitro groups is 1. The number of sulfone groups is 1. The first-order valence-corrected chi connectivity index (χ1v) is 7.34. The maximum atomic E-state index is 11.4. The third-order valence-corrected chi connectivity index (χ3v) is 3.50. The molecule has 2 aromatic rings. The van der Waals surface area contributed by atoms with Crippen molar-refractivity contribution >= 4 is 15.5 Å². The van der Waals surface area contributed by atoms with Crippen molar-refractivity contribution in [1.82, 2.24) is 4.98 Å². The fourth-order valence-electron chi connectivity index (χ4n) is 1.43. The molecule has 0 unspecified atom stereocenters. The zero-order valence-electron chi connectivity index (χ0n) is 10.4. The summed E-state index contributed by atoms with van der Waals surface area (Å²) in [6.07, 6.45) is 2.16. The van der Waals surface area contributed by atoms with Crippen molar-refractivity contribution in [2.75, 3.05) is 6.26 Å². The first-order valence-electron chi connectivity index (χ1n) is 5.45. The third-order valence-electron chi connectivity index (χ3n) is 2.39. The predicted molar refractivity (Wildman–Crippen MR) is 70.5 cm³/mol. The van der Waals surface area contributed by atoms with Crippen LogP contribution in [0.2, 0.25) is 0 Å². The Bertz CT molecular complexity index is 741. The molecule has 0 radical (unpaired) electrons. The SMILES string of the molecule is CS(=O)(=O)c1cccc(Oc2ccc([N+](=O)[O-])cn2)c1. The number of aromatic nitrogens is 1. The number of hydrogen-bond donors (Lipinski definition) is 0. The Morgan fingerprint density at radius 1 is 1.25 bits per heavy atom. The van der Waals surface area contributed by atoms with E-state index >= 15 is 0 Å². The lowest BCUT2D eigenvalue weighted by molar-refractivity contribution is -0.385. The lowest BCUT2D eigenvalue weighted by Gasteiger charge is -2.05. The molecule has 2 rings (SSSR count). The molecule has 0 N–H and O–H groups in total. The van der Waals surface area contributed by atoms with Crippen LogP contribution in [0.4, 0.5) is 5.69 Å². The molecule has 0 bridgehead atoms. The van der Waals surface area contributed by atoms with Gasteiger partial charge in [0.2, 0.25) is 5.88 Å². The summed E-state index contributed by atoms with van der Waals surface area (Å²) in [6, 6.07) is 8.51. The van der Waals surface area contributed by atoms with Crippen LogP contribution in [0.3, 0.4) is 0 Å². The summed E-state index contributed by atoms with van der Waals surface area (Å²) in [5, 5.41) is 10.5. The molecule has 8 heteroatoms. The Morgan fingerprint density at radius 3 is 2.55 bits per heavy atom. The molecule has 0 amide bonds. The van der Waals surface area contributed by atoms with Crippen LogP contribution in [0.5, 0.6) is 11.6 Å². The number of benzene rings is 1. The molecule has 1 aromatic heterocycles. The Morgan fingerprint density at radius 2 is 2.00 bits per heavy atom. The summed E-state index contributed by atoms with van der Waals surface area (Å²) in [7, 11) is -3.33. The zero-order chi connectivity index (χ0) is 14.8. The smallest absolute Gasteiger partial charge is 0.287 e. The molecule has 0 aliphatic rings. The van der Waals surface area contributed by atoms with Crippen LogP contribution in [0, 0.1) is 10.1 Å². The predicted octanol–water partition coefficient (Wildman–Crippen LogP) is 2.19. The van der Waals surface area contributed by atoms with Crippen molar-refractivity contribution in [3.63, 3.8) is 0 Å². The van der Waals surface area contributed by atoms with Crippen LogP contribution in [0.15, 0.2) is 47.5 Å². The van der Waals surface area contributed by atoms with E-state index in [1.165, 1.54) is 30.3 Å². The van der Waals surface area contributed by atoms with Crippen molar-refractivity contribution in [2.24, 2.45) is 0 Å². The Balaban J connectivity index is 2.24. The van der Waals surface area contributed by atoms with Gasteiger partial charge in [-0.2, -0.15) is 0 Å². The Hall–Kier alpha value is -2.48. The molecule has 7 nitrogen and oxygen atoms in total. The molecule has 0 aliphatic heterocycles. The topological polar surface area (TPSA) is 99.4 Å². The monoisotopic (exact) mass is 294 g/mol. The van der Waals surface area contributed by atoms with Gasteiger partial charge in [-0.15, -0.1) is 0 Å². The summed E-state index contributed by atoms with van der Waals surface area (Å²) in [5.41, 5.74) is -0.151. The van der Waals surface area contributed by atoms with Gasteiger partial charge in [-0.25, -0.2) is 13.4 Å². The van der Waals surface area contributed by atoms with Gasteiger partial charge < -0.3 is 4.74 Å². The van der Waals surface area contributed by atoms with Gasteiger partial charge in [-0.3, -0.25) is 10.1 Å². The van der Waals surface area contributed by atoms with Crippen molar-refractivity contribution in [1.29, 1.82) is 0 Å². The van der Waals surface area contributed by atoms with Gasteiger partial charge in [-0.1, -0.05) is 6.07 Å². The summed E-state index contributed by atoms with van der Waals surface area (Å²) in [4.78, 5) is 13.8. The van der Waals surface area contributed by atoms with Crippen molar-refractivity contribution in [2.45, 2.75) is 4.90 Å². The maximum absolute atomic E-state index is 11.4. The highest BCUT2D eigenvalue weighted by molar-refractivity contribution is 7.90. The zero-order valence-corrected chi connectivity index (χ0v) is 11.2. The molecule has 0 aliphatic carbocycles. The highest BCUT2D eigenvalue weighted by Crippen LogP contribution is 2.23. The van der Waals surface area contributed by atoms with E-state index in [-0.39, 0.29) is 22.2 Å². The normalized spacial score (nSPS) is 11.1. The molecular weight excluding hydrogens is 284 g/mol. The van der Waals surface area contributed by atoms with E-state index in [2.05, 4.69) is 4.98 Å². The van der Waals surface area contributed by atoms with Crippen LogP contribution in [-0.4, -0.2) is 24.6 Å². The summed E-state index contributed by atoms with van der Waals surface area (Å²) in [6.45, 7) is 0. The Labute approximate surface area is 114 Å². The van der Waals surface area contributed by atoms with Gasteiger partial charge in [0.15, 0.2) is 9.84 Å². The van der Waals surface area contributed by atoms with Gasteiger partial charge in [0.1, 0.15) is 11.9 Å². The molecule has 0 saturated carbocycles. The highest BCUT2D eigenvalue weighted by Gasteiger charge is 2.10. The van der Waals surface area contributed by atoms with Crippen LogP contribution >= 0.6 is 0 Å². The molecule has 104 valence electrons. The fourth-order valence-corrected chi connectivity index (χ4v) is 2.09. The first-order chi connectivity index (χ1) is 9.36. The van der Waals surface area contributed by atoms with E-state index in [1.54, 1.807) is 6.07 Å². The van der Waals surface area contributed by atoms with E-state index in [4.69, 9.17) is 4.74 Å². The molecule has 1 aromatic carbocycles. The average molecular weight is 294 g/mol. The van der Waals surface area contributed by atoms with Gasteiger partial charge in [0.25, 0.3) is 5.69 Å². The van der Waals surface area contributed by atoms with Crippen molar-refractivity contribution in [3.8, 4) is 11.6 Å². The summed E-state index contributed by atoms with van der Waals surface area (Å²) in [5.74, 6) is 0.426. The summed E-state index contributed by atoms with van der Waals surface area (Å²) < 4.78 is 28.2. The van der Waals surface area contributed by atoms with E-state index in [9.17, 15) is 18.5 Å². The van der Waals surface area contributed by atoms with Gasteiger partial charge in [-0.05, 0) is 18.2 Å². The van der Waals surface area contributed by atoms with Crippen LogP contribution in [0.1, 0.15) is 0 Å². The molecular formula is C12H10N2O5S. The molecule has 0 spiro atoms. The minimum atomic E-state index is -3.33. The van der Waals surface area contributed by atoms with E-state index in [0.717, 1.165) is 12.5 Å². The molecule has 0 saturated heterocycles. The maximum Gasteiger partial charge on any atom is 0.287 e. The molecule has 1 heterocycles. The van der Waals surface area contributed by atoms with Crippen molar-refractivity contribution < 1.29 is 18.1 Å². The molecule has 0 fully saturated rings. The van der Waals surface area contributed by atoms with Crippen LogP contribution < -0.4 is 4.74 Å². The van der Waals surface area contributed by atoms with E-state index in [1.807, 2.05) is 0 Å². The standard InChI is InChI=1S/C12H10N2O5S/c1-20(17,18)11-4-2-3-10(7-11)19-12-6-5-9(8-13-12)14(15)16/h2-8H,1H3. The number of ether oxygens (including phenoxy) is 1. The number of pyridine rings is 1. The first kappa shape index (κ1) is 13.9. The lowest BCUT2D eigenvalue weighted by Crippen LogP contribution is -1.97. The van der Waals surface area contributed by atoms with Gasteiger partial charge in [0.05, 0.1) is 9.82 Å². The van der Waals surface area contributed by atoms with Gasteiger partial charge in [0, 0.05) is 18.4 Å². The molecule has 20 heavy (non-hydrogen) atoms. The van der Waals surface area contributed by atoms with E-state index < -0.39 is 14.8 Å². The second kappa shape index (κ2) is 5.25. The second-order valence-electron chi connectivity index (χ2n) is 3.96. The minimum Gasteiger partial charge on any atom is -0.439 e. The third kappa shape index (κ3) is 3.29. The minimum absolute atomic E-state index is 0.122. The van der Waals surface area contributed by atoms with Gasteiger partial charge >= 0.3 is 0 Å². The van der Waals surface area contributed by atoms with Crippen LogP contribution in [-0.2, 0) is 9.84 Å². The van der Waals surface area contributed by atoms with Crippen LogP contribution in [0.25, 0.3) is 0 Å². The van der Waals surface area contributed by atoms with E-state index in [0.29, 0.717) is 0 Å². The summed E-state index contributed by atoms with van der Waals surface area (Å²) >= 11 is 0. The lowest BCUT2D eigenvalue weighted by atomic mass is 10.3.